The monoisotopic (exact) mass is 414 g/mol. The van der Waals surface area contributed by atoms with E-state index in [0.717, 1.165) is 34.5 Å². The SMILES string of the molecule is Fc1ccc2c(c1CNc1ncc(-c3ccn4ncnc4c3)c3nncn13)[C@H]1C[C@H]1O2. The van der Waals surface area contributed by atoms with E-state index in [2.05, 4.69) is 30.6 Å². The number of halogens is 1. The van der Waals surface area contributed by atoms with Crippen molar-refractivity contribution in [2.75, 3.05) is 5.32 Å². The minimum atomic E-state index is -0.236. The molecule has 152 valence electrons. The Morgan fingerprint density at radius 2 is 2.19 bits per heavy atom. The third-order valence-electron chi connectivity index (χ3n) is 5.99. The topological polar surface area (TPSA) is 94.5 Å². The zero-order valence-corrected chi connectivity index (χ0v) is 16.1. The zero-order valence-electron chi connectivity index (χ0n) is 16.1. The van der Waals surface area contributed by atoms with E-state index in [1.54, 1.807) is 27.5 Å². The Labute approximate surface area is 174 Å². The summed E-state index contributed by atoms with van der Waals surface area (Å²) in [7, 11) is 0. The van der Waals surface area contributed by atoms with Crippen molar-refractivity contribution in [3.63, 3.8) is 0 Å². The maximum atomic E-state index is 14.6. The molecular formula is C21H15FN8O. The van der Waals surface area contributed by atoms with Crippen molar-refractivity contribution in [3.05, 3.63) is 66.3 Å². The minimum Gasteiger partial charge on any atom is -0.489 e. The third kappa shape index (κ3) is 2.44. The van der Waals surface area contributed by atoms with Gasteiger partial charge >= 0.3 is 0 Å². The van der Waals surface area contributed by atoms with Gasteiger partial charge in [0.2, 0.25) is 5.95 Å². The van der Waals surface area contributed by atoms with Crippen LogP contribution in [-0.4, -0.2) is 40.3 Å². The van der Waals surface area contributed by atoms with Crippen molar-refractivity contribution in [3.8, 4) is 16.9 Å². The molecule has 0 unspecified atom stereocenters. The van der Waals surface area contributed by atoms with Crippen LogP contribution in [0, 0.1) is 5.82 Å². The number of nitrogens with one attached hydrogen (secondary N) is 1. The maximum Gasteiger partial charge on any atom is 0.210 e. The van der Waals surface area contributed by atoms with Gasteiger partial charge in [-0.25, -0.2) is 18.9 Å². The molecule has 1 fully saturated rings. The van der Waals surface area contributed by atoms with Crippen LogP contribution in [0.15, 0.2) is 49.3 Å². The normalized spacial score (nSPS) is 18.7. The summed E-state index contributed by atoms with van der Waals surface area (Å²) < 4.78 is 23.9. The maximum absolute atomic E-state index is 14.6. The summed E-state index contributed by atoms with van der Waals surface area (Å²) in [4.78, 5) is 8.80. The minimum absolute atomic E-state index is 0.208. The van der Waals surface area contributed by atoms with Crippen molar-refractivity contribution in [2.45, 2.75) is 25.0 Å². The van der Waals surface area contributed by atoms with E-state index in [4.69, 9.17) is 4.74 Å². The van der Waals surface area contributed by atoms with Crippen molar-refractivity contribution in [2.24, 2.45) is 0 Å². The molecule has 0 saturated heterocycles. The molecule has 5 aromatic rings. The molecule has 0 radical (unpaired) electrons. The summed E-state index contributed by atoms with van der Waals surface area (Å²) in [5.74, 6) is 1.40. The molecule has 1 aliphatic carbocycles. The number of ether oxygens (including phenoxy) is 1. The zero-order chi connectivity index (χ0) is 20.5. The van der Waals surface area contributed by atoms with Gasteiger partial charge in [0.25, 0.3) is 0 Å². The fourth-order valence-electron chi connectivity index (χ4n) is 4.38. The molecule has 1 aromatic carbocycles. The standard InChI is InChI=1S/C21H15FN8O/c22-15-1-2-16-19(12-6-17(12)31-16)14(15)8-24-21-23-7-13(20-28-26-10-29(20)21)11-3-4-30-18(5-11)25-9-27-30/h1-5,7,9-10,12,17H,6,8H2,(H,23,24)/t12-,17+/m0/s1. The van der Waals surface area contributed by atoms with Crippen LogP contribution in [0.25, 0.3) is 22.4 Å². The number of aromatic nitrogens is 7. The molecule has 0 spiro atoms. The Morgan fingerprint density at radius 1 is 1.23 bits per heavy atom. The molecule has 31 heavy (non-hydrogen) atoms. The van der Waals surface area contributed by atoms with Crippen LogP contribution in [0.2, 0.25) is 0 Å². The number of anilines is 1. The first-order valence-corrected chi connectivity index (χ1v) is 9.96. The van der Waals surface area contributed by atoms with E-state index in [-0.39, 0.29) is 11.9 Å². The Balaban J connectivity index is 1.25. The number of benzene rings is 1. The molecule has 1 saturated carbocycles. The van der Waals surface area contributed by atoms with Gasteiger partial charge in [-0.1, -0.05) is 0 Å². The number of pyridine rings is 1. The molecule has 7 rings (SSSR count). The fraction of sp³-hybridized carbons (Fsp3) is 0.190. The average Bonchev–Trinajstić information content (AvgIpc) is 3.18. The largest absolute Gasteiger partial charge is 0.489 e. The van der Waals surface area contributed by atoms with E-state index in [1.807, 2.05) is 18.3 Å². The van der Waals surface area contributed by atoms with Gasteiger partial charge in [-0.15, -0.1) is 10.2 Å². The molecule has 5 heterocycles. The molecule has 9 nitrogen and oxygen atoms in total. The summed E-state index contributed by atoms with van der Waals surface area (Å²) in [5, 5.41) is 15.7. The van der Waals surface area contributed by atoms with E-state index in [0.29, 0.717) is 29.6 Å². The predicted molar refractivity (Wildman–Crippen MR) is 108 cm³/mol. The molecule has 10 heteroatoms. The highest BCUT2D eigenvalue weighted by Crippen LogP contribution is 2.55. The molecule has 4 aromatic heterocycles. The predicted octanol–water partition coefficient (Wildman–Crippen LogP) is 2.83. The molecule has 2 aliphatic rings. The average molecular weight is 414 g/mol. The first-order chi connectivity index (χ1) is 15.3. The Hall–Kier alpha value is -4.08. The first kappa shape index (κ1) is 16.7. The number of nitrogens with zero attached hydrogens (tertiary/aromatic N) is 7. The Kier molecular flexibility index (Phi) is 3.21. The summed E-state index contributed by atoms with van der Waals surface area (Å²) >= 11 is 0. The molecular weight excluding hydrogens is 399 g/mol. The van der Waals surface area contributed by atoms with Crippen LogP contribution in [0.1, 0.15) is 23.5 Å². The van der Waals surface area contributed by atoms with Crippen LogP contribution < -0.4 is 10.1 Å². The van der Waals surface area contributed by atoms with Crippen molar-refractivity contribution in [1.29, 1.82) is 0 Å². The van der Waals surface area contributed by atoms with Gasteiger partial charge < -0.3 is 10.1 Å². The van der Waals surface area contributed by atoms with Gasteiger partial charge in [0, 0.05) is 41.5 Å². The number of fused-ring (bicyclic) bond motifs is 5. The number of rotatable bonds is 4. The highest BCUT2D eigenvalue weighted by molar-refractivity contribution is 5.79. The second-order valence-electron chi connectivity index (χ2n) is 7.79. The van der Waals surface area contributed by atoms with Crippen LogP contribution in [0.5, 0.6) is 5.75 Å². The van der Waals surface area contributed by atoms with Gasteiger partial charge in [0.1, 0.15) is 30.3 Å². The van der Waals surface area contributed by atoms with Crippen molar-refractivity contribution >= 4 is 17.2 Å². The second-order valence-corrected chi connectivity index (χ2v) is 7.79. The second kappa shape index (κ2) is 5.97. The third-order valence-corrected chi connectivity index (χ3v) is 5.99. The lowest BCUT2D eigenvalue weighted by atomic mass is 10.0. The lowest BCUT2D eigenvalue weighted by Gasteiger charge is -2.13. The highest BCUT2D eigenvalue weighted by atomic mass is 19.1. The van der Waals surface area contributed by atoms with Crippen LogP contribution in [0.3, 0.4) is 0 Å². The Morgan fingerprint density at radius 3 is 3.16 bits per heavy atom. The van der Waals surface area contributed by atoms with E-state index < -0.39 is 0 Å². The van der Waals surface area contributed by atoms with Crippen LogP contribution in [-0.2, 0) is 6.54 Å². The van der Waals surface area contributed by atoms with E-state index >= 15 is 0 Å². The summed E-state index contributed by atoms with van der Waals surface area (Å²) in [6, 6.07) is 7.03. The first-order valence-electron chi connectivity index (χ1n) is 9.96. The molecule has 1 aliphatic heterocycles. The fourth-order valence-corrected chi connectivity index (χ4v) is 4.38. The molecule has 0 amide bonds. The molecule has 1 N–H and O–H groups in total. The smallest absolute Gasteiger partial charge is 0.210 e. The molecule has 2 atom stereocenters. The number of hydrogen-bond acceptors (Lipinski definition) is 7. The highest BCUT2D eigenvalue weighted by Gasteiger charge is 2.49. The summed E-state index contributed by atoms with van der Waals surface area (Å²) in [6.45, 7) is 0.299. The van der Waals surface area contributed by atoms with Gasteiger partial charge in [0.15, 0.2) is 11.3 Å². The summed E-state index contributed by atoms with van der Waals surface area (Å²) in [5.41, 5.74) is 4.70. The lowest BCUT2D eigenvalue weighted by molar-refractivity contribution is 0.318. The van der Waals surface area contributed by atoms with E-state index in [9.17, 15) is 4.39 Å². The Bertz CT molecular complexity index is 1490. The van der Waals surface area contributed by atoms with E-state index in [1.165, 1.54) is 12.4 Å². The summed E-state index contributed by atoms with van der Waals surface area (Å²) in [6.07, 6.45) is 7.84. The van der Waals surface area contributed by atoms with Gasteiger partial charge in [-0.3, -0.25) is 4.40 Å². The van der Waals surface area contributed by atoms with Gasteiger partial charge in [-0.2, -0.15) is 5.10 Å². The van der Waals surface area contributed by atoms with Crippen molar-refractivity contribution < 1.29 is 9.13 Å². The molecule has 0 bridgehead atoms. The van der Waals surface area contributed by atoms with Crippen LogP contribution >= 0.6 is 0 Å². The lowest BCUT2D eigenvalue weighted by Crippen LogP contribution is -2.10. The quantitative estimate of drug-likeness (QED) is 0.483. The van der Waals surface area contributed by atoms with Gasteiger partial charge in [0.05, 0.1) is 0 Å². The van der Waals surface area contributed by atoms with Crippen LogP contribution in [0.4, 0.5) is 10.3 Å². The van der Waals surface area contributed by atoms with Crippen molar-refractivity contribution in [1.82, 2.24) is 34.2 Å². The number of hydrogen-bond donors (Lipinski definition) is 1. The van der Waals surface area contributed by atoms with Gasteiger partial charge in [-0.05, 0) is 36.2 Å².